The molecule has 50 valence electrons. The van der Waals surface area contributed by atoms with Gasteiger partial charge in [0.05, 0.1) is 0 Å². The molecular weight excluding hydrogens is 96.1 g/mol. The van der Waals surface area contributed by atoms with Gasteiger partial charge in [-0.1, -0.05) is 34.1 Å². The second-order valence-electron chi connectivity index (χ2n) is 2.76. The molecule has 0 N–H and O–H groups in total. The van der Waals surface area contributed by atoms with Crippen molar-refractivity contribution in [3.05, 3.63) is 0 Å². The average molecular weight is 114 g/mol. The highest BCUT2D eigenvalue weighted by atomic mass is 14.4. The number of hydrogen-bond donors (Lipinski definition) is 0. The third-order valence-electron chi connectivity index (χ3n) is 1.94. The molecule has 0 radical (unpaired) electrons. The maximum atomic E-state index is 2.35. The Morgan fingerprint density at radius 1 is 1.50 bits per heavy atom. The molecule has 1 fully saturated rings. The Balaban J connectivity index is 0.000000490. The fraction of sp³-hybridized carbons (Fsp3) is 1.00. The summed E-state index contributed by atoms with van der Waals surface area (Å²) in [5.41, 5.74) is 0. The molecule has 0 aromatic carbocycles. The van der Waals surface area contributed by atoms with E-state index in [2.05, 4.69) is 13.8 Å². The summed E-state index contributed by atoms with van der Waals surface area (Å²) < 4.78 is 0. The van der Waals surface area contributed by atoms with Crippen molar-refractivity contribution >= 4 is 0 Å². The summed E-state index contributed by atoms with van der Waals surface area (Å²) in [5.74, 6) is 2.19. The lowest BCUT2D eigenvalue weighted by atomic mass is 10.2. The Bertz CT molecular complexity index is 57.1. The first-order valence-corrected chi connectivity index (χ1v) is 3.34. The summed E-state index contributed by atoms with van der Waals surface area (Å²) in [6, 6.07) is 0. The minimum Gasteiger partial charge on any atom is -0.0776 e. The van der Waals surface area contributed by atoms with Crippen molar-refractivity contribution in [3.8, 4) is 0 Å². The first-order chi connectivity index (χ1) is 3.34. The monoisotopic (exact) mass is 114 g/mol. The minimum atomic E-state index is 0. The standard InChI is InChI=1S/C7H14.CH4/c1-3-4-7-5-6(7)2;/h6-7H,3-5H2,1-2H3;1H4. The van der Waals surface area contributed by atoms with E-state index in [1.807, 2.05) is 0 Å². The van der Waals surface area contributed by atoms with Crippen LogP contribution in [0, 0.1) is 11.8 Å². The van der Waals surface area contributed by atoms with E-state index >= 15 is 0 Å². The van der Waals surface area contributed by atoms with E-state index in [1.54, 1.807) is 0 Å². The van der Waals surface area contributed by atoms with Gasteiger partial charge < -0.3 is 0 Å². The molecule has 0 heteroatoms. The van der Waals surface area contributed by atoms with Crippen molar-refractivity contribution in [3.63, 3.8) is 0 Å². The van der Waals surface area contributed by atoms with Crippen molar-refractivity contribution in [1.29, 1.82) is 0 Å². The van der Waals surface area contributed by atoms with Gasteiger partial charge in [0.25, 0.3) is 0 Å². The molecule has 2 unspecified atom stereocenters. The normalized spacial score (nSPS) is 33.8. The summed E-state index contributed by atoms with van der Waals surface area (Å²) in [5, 5.41) is 0. The molecule has 0 heterocycles. The molecule has 8 heavy (non-hydrogen) atoms. The van der Waals surface area contributed by atoms with Gasteiger partial charge in [0.1, 0.15) is 0 Å². The second-order valence-corrected chi connectivity index (χ2v) is 2.76. The molecule has 0 aromatic heterocycles. The zero-order valence-corrected chi connectivity index (χ0v) is 5.28. The molecule has 0 amide bonds. The van der Waals surface area contributed by atoms with Gasteiger partial charge in [0, 0.05) is 0 Å². The van der Waals surface area contributed by atoms with E-state index < -0.39 is 0 Å². The zero-order valence-electron chi connectivity index (χ0n) is 5.28. The molecule has 1 rings (SSSR count). The molecule has 0 aromatic rings. The zero-order chi connectivity index (χ0) is 5.28. The number of hydrogen-bond acceptors (Lipinski definition) is 0. The SMILES string of the molecule is C.CCCC1CC1C. The molecule has 2 atom stereocenters. The average Bonchev–Trinajstić information content (AvgIpc) is 2.22. The van der Waals surface area contributed by atoms with E-state index in [4.69, 9.17) is 0 Å². The van der Waals surface area contributed by atoms with Crippen LogP contribution in [0.4, 0.5) is 0 Å². The lowest BCUT2D eigenvalue weighted by Gasteiger charge is -1.86. The lowest BCUT2D eigenvalue weighted by Crippen LogP contribution is -1.74. The number of rotatable bonds is 2. The Labute approximate surface area is 53.3 Å². The third-order valence-corrected chi connectivity index (χ3v) is 1.94. The van der Waals surface area contributed by atoms with Gasteiger partial charge in [-0.3, -0.25) is 0 Å². The van der Waals surface area contributed by atoms with Gasteiger partial charge in [-0.2, -0.15) is 0 Å². The molecule has 0 spiro atoms. The Hall–Kier alpha value is 0. The highest BCUT2D eigenvalue weighted by molar-refractivity contribution is 4.81. The van der Waals surface area contributed by atoms with Gasteiger partial charge in [-0.15, -0.1) is 0 Å². The van der Waals surface area contributed by atoms with E-state index in [0.717, 1.165) is 11.8 Å². The van der Waals surface area contributed by atoms with E-state index in [-0.39, 0.29) is 7.43 Å². The molecule has 0 bridgehead atoms. The van der Waals surface area contributed by atoms with Crippen LogP contribution in [0.25, 0.3) is 0 Å². The Kier molecular flexibility index (Phi) is 3.11. The maximum absolute atomic E-state index is 2.35. The van der Waals surface area contributed by atoms with Crippen LogP contribution in [0.1, 0.15) is 40.5 Å². The first-order valence-electron chi connectivity index (χ1n) is 3.34. The van der Waals surface area contributed by atoms with Crippen LogP contribution in [0.15, 0.2) is 0 Å². The fourth-order valence-corrected chi connectivity index (χ4v) is 1.17. The molecule has 0 saturated heterocycles. The lowest BCUT2D eigenvalue weighted by molar-refractivity contribution is 0.659. The van der Waals surface area contributed by atoms with Crippen molar-refractivity contribution in [2.75, 3.05) is 0 Å². The maximum Gasteiger partial charge on any atom is -0.0386 e. The summed E-state index contributed by atoms with van der Waals surface area (Å²) in [7, 11) is 0. The fourth-order valence-electron chi connectivity index (χ4n) is 1.17. The van der Waals surface area contributed by atoms with E-state index in [9.17, 15) is 0 Å². The van der Waals surface area contributed by atoms with Crippen molar-refractivity contribution in [2.24, 2.45) is 11.8 Å². The van der Waals surface area contributed by atoms with Gasteiger partial charge >= 0.3 is 0 Å². The van der Waals surface area contributed by atoms with Crippen molar-refractivity contribution in [1.82, 2.24) is 0 Å². The second kappa shape index (κ2) is 3.11. The van der Waals surface area contributed by atoms with Crippen molar-refractivity contribution < 1.29 is 0 Å². The van der Waals surface area contributed by atoms with Crippen LogP contribution < -0.4 is 0 Å². The molecular formula is C8H18. The predicted molar refractivity (Wildman–Crippen MR) is 38.9 cm³/mol. The van der Waals surface area contributed by atoms with Crippen molar-refractivity contribution in [2.45, 2.75) is 40.5 Å². The highest BCUT2D eigenvalue weighted by Gasteiger charge is 2.30. The topological polar surface area (TPSA) is 0 Å². The summed E-state index contributed by atoms with van der Waals surface area (Å²) in [4.78, 5) is 0. The van der Waals surface area contributed by atoms with Crippen LogP contribution in [-0.4, -0.2) is 0 Å². The van der Waals surface area contributed by atoms with Crippen LogP contribution in [0.3, 0.4) is 0 Å². The van der Waals surface area contributed by atoms with Crippen LogP contribution in [-0.2, 0) is 0 Å². The smallest absolute Gasteiger partial charge is 0.0386 e. The van der Waals surface area contributed by atoms with Crippen LogP contribution in [0.5, 0.6) is 0 Å². The molecule has 1 aliphatic carbocycles. The molecule has 0 nitrogen and oxygen atoms in total. The van der Waals surface area contributed by atoms with Gasteiger partial charge in [0.15, 0.2) is 0 Å². The minimum absolute atomic E-state index is 0. The van der Waals surface area contributed by atoms with Gasteiger partial charge in [0.2, 0.25) is 0 Å². The molecule has 1 aliphatic rings. The quantitative estimate of drug-likeness (QED) is 0.517. The predicted octanol–water partition coefficient (Wildman–Crippen LogP) is 3.08. The largest absolute Gasteiger partial charge is 0.0776 e. The first kappa shape index (κ1) is 8.00. The summed E-state index contributed by atoms with van der Waals surface area (Å²) in [6.45, 7) is 4.62. The van der Waals surface area contributed by atoms with E-state index in [1.165, 1.54) is 19.3 Å². The van der Waals surface area contributed by atoms with Crippen LogP contribution >= 0.6 is 0 Å². The summed E-state index contributed by atoms with van der Waals surface area (Å²) in [6.07, 6.45) is 4.37. The molecule has 0 aliphatic heterocycles. The van der Waals surface area contributed by atoms with Gasteiger partial charge in [-0.05, 0) is 18.3 Å². The molecule has 1 saturated carbocycles. The Morgan fingerprint density at radius 2 is 2.00 bits per heavy atom. The van der Waals surface area contributed by atoms with E-state index in [0.29, 0.717) is 0 Å². The summed E-state index contributed by atoms with van der Waals surface area (Å²) >= 11 is 0. The Morgan fingerprint density at radius 3 is 2.12 bits per heavy atom. The van der Waals surface area contributed by atoms with Crippen LogP contribution in [0.2, 0.25) is 0 Å². The third kappa shape index (κ3) is 1.85. The highest BCUT2D eigenvalue weighted by Crippen LogP contribution is 2.40. The van der Waals surface area contributed by atoms with Gasteiger partial charge in [-0.25, -0.2) is 0 Å².